The van der Waals surface area contributed by atoms with E-state index in [2.05, 4.69) is 0 Å². The highest BCUT2D eigenvalue weighted by Gasteiger charge is 2.61. The van der Waals surface area contributed by atoms with E-state index in [1.165, 1.54) is 4.90 Å². The largest absolute Gasteiger partial charge is 0.471 e. The second kappa shape index (κ2) is 7.32. The Hall–Kier alpha value is -2.51. The number of halogens is 3. The van der Waals surface area contributed by atoms with E-state index in [1.807, 2.05) is 43.3 Å². The van der Waals surface area contributed by atoms with E-state index in [1.54, 1.807) is 0 Å². The third kappa shape index (κ3) is 3.79. The number of carbonyl (C=O) groups excluding carboxylic acids is 1. The van der Waals surface area contributed by atoms with Crippen LogP contribution in [0.4, 0.5) is 18.0 Å². The van der Waals surface area contributed by atoms with Gasteiger partial charge >= 0.3 is 18.2 Å². The van der Waals surface area contributed by atoms with Gasteiger partial charge in [0.15, 0.2) is 0 Å². The van der Waals surface area contributed by atoms with E-state index >= 15 is 0 Å². The third-order valence-corrected chi connectivity index (χ3v) is 6.68. The van der Waals surface area contributed by atoms with Gasteiger partial charge in [0.05, 0.1) is 0 Å². The zero-order valence-corrected chi connectivity index (χ0v) is 16.7. The first-order valence-corrected chi connectivity index (χ1v) is 10.3. The molecule has 2 aliphatic carbocycles. The number of likely N-dealkylation sites (tertiary alicyclic amines) is 1. The van der Waals surface area contributed by atoms with Crippen LogP contribution in [0.2, 0.25) is 0 Å². The second-order valence-electron chi connectivity index (χ2n) is 8.80. The van der Waals surface area contributed by atoms with Crippen molar-refractivity contribution in [3.8, 4) is 0 Å². The summed E-state index contributed by atoms with van der Waals surface area (Å²) in [6, 6.07) is 8.72. The molecule has 5 nitrogen and oxygen atoms in total. The molecule has 30 heavy (non-hydrogen) atoms. The fraction of sp³-hybridized carbons (Fsp3) is 0.545. The Morgan fingerprint density at radius 3 is 2.40 bits per heavy atom. The number of benzene rings is 1. The maximum Gasteiger partial charge on any atom is 0.471 e. The highest BCUT2D eigenvalue weighted by molar-refractivity contribution is 5.83. The van der Waals surface area contributed by atoms with Gasteiger partial charge in [-0.05, 0) is 31.2 Å². The van der Waals surface area contributed by atoms with Crippen molar-refractivity contribution in [3.63, 3.8) is 0 Å². The molecule has 0 bridgehead atoms. The van der Waals surface area contributed by atoms with Gasteiger partial charge in [0, 0.05) is 36.5 Å². The molecule has 162 valence electrons. The van der Waals surface area contributed by atoms with Gasteiger partial charge in [-0.25, -0.2) is 4.79 Å². The molecule has 1 aromatic carbocycles. The molecule has 1 aromatic rings. The zero-order valence-electron chi connectivity index (χ0n) is 16.7. The average molecular weight is 422 g/mol. The highest BCUT2D eigenvalue weighted by Crippen LogP contribution is 2.54. The molecule has 1 N–H and O–H groups in total. The lowest BCUT2D eigenvalue weighted by Gasteiger charge is -2.60. The maximum atomic E-state index is 13.3. The first kappa shape index (κ1) is 20.8. The van der Waals surface area contributed by atoms with Gasteiger partial charge in [0.2, 0.25) is 0 Å². The lowest BCUT2D eigenvalue weighted by molar-refractivity contribution is -0.196. The summed E-state index contributed by atoms with van der Waals surface area (Å²) in [7, 11) is 0. The van der Waals surface area contributed by atoms with Crippen molar-refractivity contribution in [2.75, 3.05) is 13.1 Å². The topological polar surface area (TPSA) is 60.9 Å². The number of carboxylic acid groups (broad SMARTS) is 1. The Bertz CT molecular complexity index is 854. The molecular weight excluding hydrogens is 397 g/mol. The summed E-state index contributed by atoms with van der Waals surface area (Å²) in [6.07, 6.45) is -1.77. The maximum absolute atomic E-state index is 13.3. The zero-order chi connectivity index (χ0) is 21.7. The van der Waals surface area contributed by atoms with Crippen LogP contribution in [0.3, 0.4) is 0 Å². The van der Waals surface area contributed by atoms with Crippen LogP contribution >= 0.6 is 0 Å². The molecule has 4 rings (SSSR count). The van der Waals surface area contributed by atoms with Crippen LogP contribution in [0.1, 0.15) is 38.2 Å². The molecule has 1 aliphatic heterocycles. The molecule has 0 radical (unpaired) electrons. The number of nitrogens with zero attached hydrogens (tertiary/aromatic N) is 2. The van der Waals surface area contributed by atoms with Crippen LogP contribution in [-0.2, 0) is 4.79 Å². The van der Waals surface area contributed by atoms with Gasteiger partial charge in [0.1, 0.15) is 0 Å². The van der Waals surface area contributed by atoms with Crippen LogP contribution in [0.15, 0.2) is 35.9 Å². The van der Waals surface area contributed by atoms with Gasteiger partial charge in [-0.1, -0.05) is 48.9 Å². The Morgan fingerprint density at radius 2 is 1.87 bits per heavy atom. The van der Waals surface area contributed by atoms with Crippen molar-refractivity contribution in [2.24, 2.45) is 11.3 Å². The van der Waals surface area contributed by atoms with E-state index < -0.39 is 30.3 Å². The van der Waals surface area contributed by atoms with Gasteiger partial charge in [-0.15, -0.1) is 0 Å². The highest BCUT2D eigenvalue weighted by atomic mass is 19.4. The molecule has 2 atom stereocenters. The summed E-state index contributed by atoms with van der Waals surface area (Å²) < 4.78 is 40.0. The monoisotopic (exact) mass is 422 g/mol. The van der Waals surface area contributed by atoms with Crippen LogP contribution in [0.25, 0.3) is 6.08 Å². The predicted molar refractivity (Wildman–Crippen MR) is 105 cm³/mol. The minimum atomic E-state index is -4.90. The van der Waals surface area contributed by atoms with E-state index in [0.717, 1.165) is 16.0 Å². The fourth-order valence-electron chi connectivity index (χ4n) is 5.15. The summed E-state index contributed by atoms with van der Waals surface area (Å²) >= 11 is 0. The number of amides is 2. The van der Waals surface area contributed by atoms with E-state index in [0.29, 0.717) is 38.8 Å². The minimum absolute atomic E-state index is 0.0602. The lowest BCUT2D eigenvalue weighted by Crippen LogP contribution is -2.68. The quantitative estimate of drug-likeness (QED) is 0.765. The number of carbonyl (C=O) groups is 2. The molecule has 2 amide bonds. The molecule has 3 aliphatic rings. The lowest BCUT2D eigenvalue weighted by atomic mass is 9.60. The third-order valence-electron chi connectivity index (χ3n) is 6.68. The van der Waals surface area contributed by atoms with Crippen molar-refractivity contribution >= 4 is 18.1 Å². The number of hydrogen-bond donors (Lipinski definition) is 1. The Kier molecular flexibility index (Phi) is 5.06. The van der Waals surface area contributed by atoms with E-state index in [-0.39, 0.29) is 11.3 Å². The summed E-state index contributed by atoms with van der Waals surface area (Å²) in [5.41, 5.74) is 1.80. The van der Waals surface area contributed by atoms with Crippen LogP contribution in [0, 0.1) is 11.3 Å². The minimum Gasteiger partial charge on any atom is -0.465 e. The van der Waals surface area contributed by atoms with Crippen molar-refractivity contribution in [1.82, 2.24) is 9.80 Å². The van der Waals surface area contributed by atoms with Gasteiger partial charge in [-0.2, -0.15) is 13.2 Å². The second-order valence-corrected chi connectivity index (χ2v) is 8.80. The summed E-state index contributed by atoms with van der Waals surface area (Å²) in [5.74, 6) is -1.82. The predicted octanol–water partition coefficient (Wildman–Crippen LogP) is 4.40. The normalized spacial score (nSPS) is 25.5. The first-order chi connectivity index (χ1) is 14.1. The Morgan fingerprint density at radius 1 is 1.23 bits per heavy atom. The molecule has 1 heterocycles. The Labute approximate surface area is 173 Å². The van der Waals surface area contributed by atoms with Gasteiger partial charge < -0.3 is 14.9 Å². The van der Waals surface area contributed by atoms with Crippen LogP contribution in [-0.4, -0.2) is 58.3 Å². The number of hydrogen-bond acceptors (Lipinski definition) is 2. The molecule has 3 fully saturated rings. The van der Waals surface area contributed by atoms with Crippen molar-refractivity contribution in [1.29, 1.82) is 0 Å². The Balaban J connectivity index is 1.48. The first-order valence-electron chi connectivity index (χ1n) is 10.3. The fourth-order valence-corrected chi connectivity index (χ4v) is 5.15. The summed E-state index contributed by atoms with van der Waals surface area (Å²) in [5, 5.41) is 9.00. The van der Waals surface area contributed by atoms with Gasteiger partial charge in [-0.3, -0.25) is 4.79 Å². The SMILES string of the molecule is CC/C(=C\c1ccccc1)[C@@H]1C[C@H]1N(C(=O)C(F)(F)F)C1CC2(C1)CN(C(=O)O)C2. The van der Waals surface area contributed by atoms with Crippen LogP contribution < -0.4 is 0 Å². The smallest absolute Gasteiger partial charge is 0.465 e. The molecule has 2 saturated carbocycles. The van der Waals surface area contributed by atoms with Crippen molar-refractivity contribution in [3.05, 3.63) is 41.5 Å². The average Bonchev–Trinajstić information content (AvgIpc) is 3.39. The van der Waals surface area contributed by atoms with E-state index in [9.17, 15) is 22.8 Å². The standard InChI is InChI=1S/C22H25F3N2O3/c1-2-15(8-14-6-4-3-5-7-14)17-9-18(17)27(19(28)22(23,24)25)16-10-21(11-16)12-26(13-21)20(29)30/h3-8,16-18H,2,9-13H2,1H3,(H,29,30)/b15-8+/t17-,18+/m0/s1. The molecule has 8 heteroatoms. The molecular formula is C22H25F3N2O3. The molecule has 0 unspecified atom stereocenters. The van der Waals surface area contributed by atoms with E-state index in [4.69, 9.17) is 5.11 Å². The molecule has 1 saturated heterocycles. The molecule has 0 aromatic heterocycles. The number of alkyl halides is 3. The molecule has 1 spiro atoms. The van der Waals surface area contributed by atoms with Crippen LogP contribution in [0.5, 0.6) is 0 Å². The summed E-state index contributed by atoms with van der Waals surface area (Å²) in [6.45, 7) is 2.66. The number of rotatable bonds is 5. The van der Waals surface area contributed by atoms with Gasteiger partial charge in [0.25, 0.3) is 0 Å². The summed E-state index contributed by atoms with van der Waals surface area (Å²) in [4.78, 5) is 25.6. The van der Waals surface area contributed by atoms with Crippen molar-refractivity contribution < 1.29 is 27.9 Å². The van der Waals surface area contributed by atoms with Crippen molar-refractivity contribution in [2.45, 2.75) is 50.9 Å².